The van der Waals surface area contributed by atoms with E-state index in [1.54, 1.807) is 13.2 Å². The predicted molar refractivity (Wildman–Crippen MR) is 109 cm³/mol. The highest BCUT2D eigenvalue weighted by Crippen LogP contribution is 2.30. The molecule has 2 aromatic heterocycles. The summed E-state index contributed by atoms with van der Waals surface area (Å²) in [5.74, 6) is 0.930. The van der Waals surface area contributed by atoms with E-state index in [1.165, 1.54) is 11.0 Å². The van der Waals surface area contributed by atoms with Crippen LogP contribution in [0.5, 0.6) is 0 Å². The Balaban J connectivity index is 1.78. The molecule has 0 bridgehead atoms. The summed E-state index contributed by atoms with van der Waals surface area (Å²) in [6, 6.07) is 12.1. The molecule has 1 aliphatic rings. The molecule has 0 aliphatic carbocycles. The third-order valence-electron chi connectivity index (χ3n) is 5.15. The fraction of sp³-hybridized carbons (Fsp3) is 0.286. The van der Waals surface area contributed by atoms with Gasteiger partial charge >= 0.3 is 0 Å². The molecule has 1 N–H and O–H groups in total. The third-order valence-corrected chi connectivity index (χ3v) is 5.15. The second-order valence-electron chi connectivity index (χ2n) is 7.07. The second-order valence-corrected chi connectivity index (χ2v) is 7.07. The summed E-state index contributed by atoms with van der Waals surface area (Å²) in [6.45, 7) is 5.93. The monoisotopic (exact) mass is 377 g/mol. The van der Waals surface area contributed by atoms with Crippen molar-refractivity contribution in [3.8, 4) is 0 Å². The number of aromatic nitrogens is 3. The Bertz CT molecular complexity index is 1010. The average molecular weight is 377 g/mol. The van der Waals surface area contributed by atoms with Gasteiger partial charge in [-0.1, -0.05) is 36.9 Å². The summed E-state index contributed by atoms with van der Waals surface area (Å²) in [5, 5.41) is 9.36. The van der Waals surface area contributed by atoms with Crippen molar-refractivity contribution in [3.63, 3.8) is 0 Å². The van der Waals surface area contributed by atoms with Crippen molar-refractivity contribution in [2.75, 3.05) is 36.5 Å². The number of aliphatic hydroxyl groups excluding tert-OH is 1. The lowest BCUT2D eigenvalue weighted by Crippen LogP contribution is -2.49. The number of anilines is 2. The van der Waals surface area contributed by atoms with Crippen LogP contribution in [-0.2, 0) is 11.3 Å². The minimum absolute atomic E-state index is 0.187. The van der Waals surface area contributed by atoms with Gasteiger partial charge in [-0.25, -0.2) is 4.98 Å². The summed E-state index contributed by atoms with van der Waals surface area (Å²) in [5.41, 5.74) is 3.35. The van der Waals surface area contributed by atoms with Gasteiger partial charge in [-0.3, -0.25) is 4.79 Å². The van der Waals surface area contributed by atoms with Crippen LogP contribution in [0.4, 0.5) is 11.6 Å². The van der Waals surface area contributed by atoms with E-state index in [4.69, 9.17) is 4.98 Å². The van der Waals surface area contributed by atoms with E-state index in [0.717, 1.165) is 30.1 Å². The molecule has 0 spiro atoms. The van der Waals surface area contributed by atoms with Gasteiger partial charge in [0.05, 0.1) is 23.9 Å². The molecule has 1 aromatic carbocycles. The van der Waals surface area contributed by atoms with E-state index in [1.807, 2.05) is 24.3 Å². The highest BCUT2D eigenvalue weighted by molar-refractivity contribution is 6.01. The Morgan fingerprint density at radius 1 is 1.36 bits per heavy atom. The summed E-state index contributed by atoms with van der Waals surface area (Å²) < 4.78 is 2.13. The molecule has 0 saturated carbocycles. The number of pyridine rings is 1. The van der Waals surface area contributed by atoms with E-state index in [0.29, 0.717) is 17.9 Å². The van der Waals surface area contributed by atoms with Crippen LogP contribution in [0.3, 0.4) is 0 Å². The largest absolute Gasteiger partial charge is 0.396 e. The molecular formula is C21H23N5O2. The minimum atomic E-state index is -0.191. The lowest BCUT2D eigenvalue weighted by atomic mass is 10.0. The number of benzene rings is 1. The first-order chi connectivity index (χ1) is 13.6. The number of carbonyl (C=O) groups is 1. The summed E-state index contributed by atoms with van der Waals surface area (Å²) in [6.07, 6.45) is 2.94. The number of amides is 1. The molecule has 1 saturated heterocycles. The molecule has 1 amide bonds. The average Bonchev–Trinajstić information content (AvgIpc) is 3.04. The number of likely N-dealkylation sites (N-methyl/N-ethyl adjacent to an activating group) is 1. The fourth-order valence-electron chi connectivity index (χ4n) is 3.44. The third kappa shape index (κ3) is 3.25. The van der Waals surface area contributed by atoms with Crippen LogP contribution in [0.15, 0.2) is 55.3 Å². The molecule has 0 atom stereocenters. The zero-order valence-corrected chi connectivity index (χ0v) is 15.8. The van der Waals surface area contributed by atoms with Crippen LogP contribution < -0.4 is 9.80 Å². The van der Waals surface area contributed by atoms with Gasteiger partial charge in [0.2, 0.25) is 11.9 Å². The molecule has 4 rings (SSSR count). The van der Waals surface area contributed by atoms with Crippen molar-refractivity contribution < 1.29 is 9.90 Å². The van der Waals surface area contributed by atoms with Gasteiger partial charge < -0.3 is 19.5 Å². The van der Waals surface area contributed by atoms with Crippen LogP contribution in [0, 0.1) is 5.92 Å². The number of hydrogen-bond acceptors (Lipinski definition) is 5. The SMILES string of the molecule is C=CC(=O)N(C)c1cnc2nc(N3CC(CO)C3)n(Cc3ccccc3)c2c1. The molecule has 7 heteroatoms. The van der Waals surface area contributed by atoms with E-state index in [9.17, 15) is 9.90 Å². The molecule has 0 radical (unpaired) electrons. The Morgan fingerprint density at radius 3 is 2.79 bits per heavy atom. The number of imidazole rings is 1. The molecule has 0 unspecified atom stereocenters. The first-order valence-electron chi connectivity index (χ1n) is 9.27. The van der Waals surface area contributed by atoms with Gasteiger partial charge in [0.1, 0.15) is 0 Å². The number of hydrogen-bond donors (Lipinski definition) is 1. The Morgan fingerprint density at radius 2 is 2.11 bits per heavy atom. The maximum Gasteiger partial charge on any atom is 0.250 e. The van der Waals surface area contributed by atoms with Crippen molar-refractivity contribution in [3.05, 3.63) is 60.8 Å². The smallest absolute Gasteiger partial charge is 0.250 e. The van der Waals surface area contributed by atoms with Crippen LogP contribution in [-0.4, -0.2) is 52.3 Å². The van der Waals surface area contributed by atoms with Gasteiger partial charge in [0, 0.05) is 32.7 Å². The zero-order chi connectivity index (χ0) is 19.7. The molecule has 1 fully saturated rings. The first kappa shape index (κ1) is 18.2. The molecule has 28 heavy (non-hydrogen) atoms. The second kappa shape index (κ2) is 7.44. The lowest BCUT2D eigenvalue weighted by molar-refractivity contribution is -0.113. The summed E-state index contributed by atoms with van der Waals surface area (Å²) >= 11 is 0. The van der Waals surface area contributed by atoms with Crippen molar-refractivity contribution >= 4 is 28.7 Å². The van der Waals surface area contributed by atoms with Crippen LogP contribution in [0.1, 0.15) is 5.56 Å². The normalized spacial score (nSPS) is 14.1. The standard InChI is InChI=1S/C21H23N5O2/c1-3-19(28)24(2)17-9-18-20(22-10-17)23-21(25-11-16(12-25)14-27)26(18)13-15-7-5-4-6-8-15/h3-10,16,27H,1,11-14H2,2H3. The quantitative estimate of drug-likeness (QED) is 0.666. The van der Waals surface area contributed by atoms with Gasteiger partial charge in [0.25, 0.3) is 0 Å². The zero-order valence-electron chi connectivity index (χ0n) is 15.8. The minimum Gasteiger partial charge on any atom is -0.396 e. The topological polar surface area (TPSA) is 74.5 Å². The predicted octanol–water partition coefficient (Wildman–Crippen LogP) is 2.06. The molecular weight excluding hydrogens is 354 g/mol. The summed E-state index contributed by atoms with van der Waals surface area (Å²) in [4.78, 5) is 24.9. The van der Waals surface area contributed by atoms with E-state index >= 15 is 0 Å². The summed E-state index contributed by atoms with van der Waals surface area (Å²) in [7, 11) is 1.70. The Labute approximate surface area is 163 Å². The van der Waals surface area contributed by atoms with E-state index in [2.05, 4.69) is 33.2 Å². The lowest BCUT2D eigenvalue weighted by Gasteiger charge is -2.39. The van der Waals surface area contributed by atoms with Crippen LogP contribution >= 0.6 is 0 Å². The molecule has 3 heterocycles. The van der Waals surface area contributed by atoms with Crippen molar-refractivity contribution in [2.45, 2.75) is 6.54 Å². The first-order valence-corrected chi connectivity index (χ1v) is 9.27. The van der Waals surface area contributed by atoms with Gasteiger partial charge in [-0.05, 0) is 17.7 Å². The Kier molecular flexibility index (Phi) is 4.83. The number of fused-ring (bicyclic) bond motifs is 1. The highest BCUT2D eigenvalue weighted by Gasteiger charge is 2.30. The maximum absolute atomic E-state index is 12.0. The number of aliphatic hydroxyl groups is 1. The molecule has 7 nitrogen and oxygen atoms in total. The maximum atomic E-state index is 12.0. The Hall–Kier alpha value is -3.19. The van der Waals surface area contributed by atoms with Crippen LogP contribution in [0.25, 0.3) is 11.2 Å². The van der Waals surface area contributed by atoms with Gasteiger partial charge in [-0.15, -0.1) is 0 Å². The van der Waals surface area contributed by atoms with E-state index in [-0.39, 0.29) is 18.4 Å². The highest BCUT2D eigenvalue weighted by atomic mass is 16.3. The number of rotatable bonds is 6. The molecule has 144 valence electrons. The van der Waals surface area contributed by atoms with Gasteiger partial charge in [0.15, 0.2) is 5.65 Å². The number of carbonyl (C=O) groups excluding carboxylic acids is 1. The van der Waals surface area contributed by atoms with Crippen LogP contribution in [0.2, 0.25) is 0 Å². The van der Waals surface area contributed by atoms with Crippen molar-refractivity contribution in [1.82, 2.24) is 14.5 Å². The number of nitrogens with zero attached hydrogens (tertiary/aromatic N) is 5. The molecule has 3 aromatic rings. The van der Waals surface area contributed by atoms with Gasteiger partial charge in [-0.2, -0.15) is 4.98 Å². The molecule has 1 aliphatic heterocycles. The fourth-order valence-corrected chi connectivity index (χ4v) is 3.44. The van der Waals surface area contributed by atoms with E-state index < -0.39 is 0 Å². The van der Waals surface area contributed by atoms with Crippen molar-refractivity contribution in [2.24, 2.45) is 5.92 Å². The van der Waals surface area contributed by atoms with Crippen molar-refractivity contribution in [1.29, 1.82) is 0 Å².